The van der Waals surface area contributed by atoms with Crippen LogP contribution in [0.4, 0.5) is 0 Å². The number of rotatable bonds is 7. The van der Waals surface area contributed by atoms with Crippen molar-refractivity contribution in [2.24, 2.45) is 0 Å². The second-order valence-electron chi connectivity index (χ2n) is 11.0. The predicted octanol–water partition coefficient (Wildman–Crippen LogP) is 5.95. The molecule has 1 fully saturated rings. The Labute approximate surface area is 240 Å². The van der Waals surface area contributed by atoms with Crippen LogP contribution in [0.2, 0.25) is 0 Å². The van der Waals surface area contributed by atoms with Crippen LogP contribution >= 0.6 is 0 Å². The summed E-state index contributed by atoms with van der Waals surface area (Å²) in [6.45, 7) is 4.86. The van der Waals surface area contributed by atoms with E-state index < -0.39 is 0 Å². The third-order valence-corrected chi connectivity index (χ3v) is 8.45. The van der Waals surface area contributed by atoms with Crippen molar-refractivity contribution in [3.8, 4) is 17.2 Å². The number of carbonyl (C=O) groups excluding carboxylic acids is 1. The summed E-state index contributed by atoms with van der Waals surface area (Å²) >= 11 is 0. The Kier molecular flexibility index (Phi) is 7.11. The molecule has 1 unspecified atom stereocenters. The maximum absolute atomic E-state index is 13.7. The number of nitrogens with zero attached hydrogens (tertiary/aromatic N) is 2. The lowest BCUT2D eigenvalue weighted by atomic mass is 9.92. The molecule has 3 aromatic carbocycles. The van der Waals surface area contributed by atoms with Gasteiger partial charge in [0.15, 0.2) is 11.5 Å². The van der Waals surface area contributed by atoms with Crippen molar-refractivity contribution in [1.82, 2.24) is 14.8 Å². The highest BCUT2D eigenvalue weighted by Crippen LogP contribution is 2.42. The van der Waals surface area contributed by atoms with Gasteiger partial charge in [-0.05, 0) is 85.5 Å². The van der Waals surface area contributed by atoms with E-state index in [9.17, 15) is 4.79 Å². The van der Waals surface area contributed by atoms with Crippen molar-refractivity contribution in [3.05, 3.63) is 95.2 Å². The third-order valence-electron chi connectivity index (χ3n) is 8.45. The second-order valence-corrected chi connectivity index (χ2v) is 11.0. The summed E-state index contributed by atoms with van der Waals surface area (Å²) < 4.78 is 17.2. The van der Waals surface area contributed by atoms with Gasteiger partial charge in [-0.15, -0.1) is 0 Å². The summed E-state index contributed by atoms with van der Waals surface area (Å²) in [5.41, 5.74) is 5.38. The fourth-order valence-electron chi connectivity index (χ4n) is 6.32. The fourth-order valence-corrected chi connectivity index (χ4v) is 6.32. The van der Waals surface area contributed by atoms with Crippen LogP contribution in [-0.4, -0.2) is 60.3 Å². The van der Waals surface area contributed by atoms with E-state index in [-0.39, 0.29) is 18.7 Å². The number of nitrogens with one attached hydrogen (secondary N) is 1. The summed E-state index contributed by atoms with van der Waals surface area (Å²) in [5, 5.41) is 1.22. The molecular weight excluding hydrogens is 514 g/mol. The van der Waals surface area contributed by atoms with Crippen LogP contribution in [0.1, 0.15) is 47.7 Å². The lowest BCUT2D eigenvalue weighted by Gasteiger charge is -2.35. The van der Waals surface area contributed by atoms with Crippen LogP contribution in [-0.2, 0) is 11.2 Å². The van der Waals surface area contributed by atoms with Gasteiger partial charge in [-0.2, -0.15) is 0 Å². The average molecular weight is 550 g/mol. The molecule has 0 spiro atoms. The lowest BCUT2D eigenvalue weighted by molar-refractivity contribution is -0.128. The Hall–Kier alpha value is -4.23. The molecule has 0 saturated carbocycles. The molecule has 210 valence electrons. The highest BCUT2D eigenvalue weighted by atomic mass is 16.7. The molecule has 41 heavy (non-hydrogen) atoms. The number of aromatic amines is 1. The molecule has 1 aromatic heterocycles. The quantitative estimate of drug-likeness (QED) is 0.289. The van der Waals surface area contributed by atoms with Crippen LogP contribution in [0, 0.1) is 0 Å². The molecule has 4 heterocycles. The van der Waals surface area contributed by atoms with Crippen molar-refractivity contribution < 1.29 is 19.0 Å². The van der Waals surface area contributed by atoms with Gasteiger partial charge in [0.1, 0.15) is 12.4 Å². The summed E-state index contributed by atoms with van der Waals surface area (Å²) in [5.74, 6) is 2.28. The van der Waals surface area contributed by atoms with Crippen LogP contribution < -0.4 is 14.2 Å². The molecule has 7 heteroatoms. The maximum Gasteiger partial charge on any atom is 0.247 e. The van der Waals surface area contributed by atoms with Crippen LogP contribution in [0.5, 0.6) is 17.2 Å². The molecule has 1 atom stereocenters. The number of hydrogen-bond acceptors (Lipinski definition) is 5. The molecule has 7 rings (SSSR count). The predicted molar refractivity (Wildman–Crippen MR) is 159 cm³/mol. The first-order valence-electron chi connectivity index (χ1n) is 14.7. The number of piperidine rings is 1. The Morgan fingerprint density at radius 2 is 1.78 bits per heavy atom. The van der Waals surface area contributed by atoms with Crippen molar-refractivity contribution >= 4 is 22.9 Å². The minimum absolute atomic E-state index is 0.0289. The van der Waals surface area contributed by atoms with Gasteiger partial charge in [-0.3, -0.25) is 9.69 Å². The number of likely N-dealkylation sites (tertiary alicyclic amines) is 1. The van der Waals surface area contributed by atoms with Crippen LogP contribution in [0.3, 0.4) is 0 Å². The lowest BCUT2D eigenvalue weighted by Crippen LogP contribution is -2.39. The first-order valence-corrected chi connectivity index (χ1v) is 14.7. The number of H-pyrrole nitrogens is 1. The number of ether oxygens (including phenoxy) is 3. The van der Waals surface area contributed by atoms with Crippen molar-refractivity contribution in [2.45, 2.75) is 31.7 Å². The number of fused-ring (bicyclic) bond motifs is 4. The number of para-hydroxylation sites is 1. The Morgan fingerprint density at radius 1 is 0.951 bits per heavy atom. The molecule has 3 aliphatic rings. The van der Waals surface area contributed by atoms with Gasteiger partial charge < -0.3 is 24.1 Å². The molecular formula is C34H35N3O4. The van der Waals surface area contributed by atoms with Crippen LogP contribution in [0.25, 0.3) is 17.0 Å². The van der Waals surface area contributed by atoms with Gasteiger partial charge in [0.25, 0.3) is 0 Å². The topological polar surface area (TPSA) is 67.0 Å². The van der Waals surface area contributed by atoms with E-state index >= 15 is 0 Å². The van der Waals surface area contributed by atoms with E-state index in [1.54, 1.807) is 6.08 Å². The molecule has 0 bridgehead atoms. The maximum atomic E-state index is 13.7. The number of carbonyl (C=O) groups is 1. The molecule has 7 nitrogen and oxygen atoms in total. The molecule has 0 radical (unpaired) electrons. The second kappa shape index (κ2) is 11.3. The third kappa shape index (κ3) is 5.30. The van der Waals surface area contributed by atoms with Gasteiger partial charge in [-0.25, -0.2) is 0 Å². The Bertz CT molecular complexity index is 1570. The van der Waals surface area contributed by atoms with Gasteiger partial charge in [0, 0.05) is 35.8 Å². The molecule has 1 N–H and O–H groups in total. The minimum atomic E-state index is -0.256. The molecule has 3 aliphatic heterocycles. The van der Waals surface area contributed by atoms with E-state index in [1.807, 2.05) is 59.5 Å². The van der Waals surface area contributed by atoms with Gasteiger partial charge in [-0.1, -0.05) is 42.8 Å². The minimum Gasteiger partial charge on any atom is -0.492 e. The van der Waals surface area contributed by atoms with Crippen molar-refractivity contribution in [2.75, 3.05) is 39.6 Å². The SMILES string of the molecule is O=C(/C=C/c1ccc(OCCN2CCCCC2)cc1)N1CCc2c([nH]c3ccccc23)C1c1ccc2c(c1)OCO2. The summed E-state index contributed by atoms with van der Waals surface area (Å²) in [7, 11) is 0. The molecule has 0 aliphatic carbocycles. The van der Waals surface area contributed by atoms with E-state index in [0.717, 1.165) is 46.8 Å². The normalized spacial score (nSPS) is 18.6. The van der Waals surface area contributed by atoms with Crippen molar-refractivity contribution in [1.29, 1.82) is 0 Å². The standard InChI is InChI=1S/C34H35N3O4/c38-32(15-10-24-8-12-26(13-9-24)39-21-20-36-17-4-1-5-18-36)37-19-16-28-27-6-2-3-7-29(27)35-33(28)34(37)25-11-14-30-31(22-25)41-23-40-30/h2-3,6-15,22,34-35H,1,4-5,16-21,23H2/b15-10+. The summed E-state index contributed by atoms with van der Waals surface area (Å²) in [4.78, 5) is 21.8. The molecule has 4 aromatic rings. The smallest absolute Gasteiger partial charge is 0.247 e. The van der Waals surface area contributed by atoms with E-state index in [4.69, 9.17) is 14.2 Å². The highest BCUT2D eigenvalue weighted by Gasteiger charge is 2.34. The monoisotopic (exact) mass is 549 g/mol. The number of benzene rings is 3. The summed E-state index contributed by atoms with van der Waals surface area (Å²) in [6.07, 6.45) is 8.28. The highest BCUT2D eigenvalue weighted by molar-refractivity contribution is 5.93. The van der Waals surface area contributed by atoms with E-state index in [2.05, 4.69) is 28.1 Å². The first kappa shape index (κ1) is 25.7. The van der Waals surface area contributed by atoms with Crippen molar-refractivity contribution in [3.63, 3.8) is 0 Å². The zero-order valence-electron chi connectivity index (χ0n) is 23.2. The largest absolute Gasteiger partial charge is 0.492 e. The van der Waals surface area contributed by atoms with Crippen LogP contribution in [0.15, 0.2) is 72.8 Å². The zero-order chi connectivity index (χ0) is 27.6. The zero-order valence-corrected chi connectivity index (χ0v) is 23.2. The van der Waals surface area contributed by atoms with Gasteiger partial charge >= 0.3 is 0 Å². The molecule has 1 saturated heterocycles. The van der Waals surface area contributed by atoms with Gasteiger partial charge in [0.05, 0.1) is 6.04 Å². The average Bonchev–Trinajstić information content (AvgIpc) is 3.65. The van der Waals surface area contributed by atoms with E-state index in [0.29, 0.717) is 18.9 Å². The summed E-state index contributed by atoms with van der Waals surface area (Å²) in [6, 6.07) is 22.0. The number of aromatic nitrogens is 1. The number of amides is 1. The molecule has 1 amide bonds. The first-order chi connectivity index (χ1) is 20.2. The Balaban J connectivity index is 1.09. The fraction of sp³-hybridized carbons (Fsp3) is 0.324. The Morgan fingerprint density at radius 3 is 2.66 bits per heavy atom. The van der Waals surface area contributed by atoms with Gasteiger partial charge in [0.2, 0.25) is 12.7 Å². The number of hydrogen-bond donors (Lipinski definition) is 1. The van der Waals surface area contributed by atoms with E-state index in [1.165, 1.54) is 43.3 Å².